The van der Waals surface area contributed by atoms with Crippen molar-refractivity contribution in [1.82, 2.24) is 9.88 Å². The van der Waals surface area contributed by atoms with E-state index in [1.807, 2.05) is 0 Å². The van der Waals surface area contributed by atoms with Gasteiger partial charge in [0.15, 0.2) is 0 Å². The Kier molecular flexibility index (Phi) is 4.07. The molecule has 5 heteroatoms. The van der Waals surface area contributed by atoms with E-state index in [4.69, 9.17) is 17.3 Å². The molecule has 0 saturated carbocycles. The summed E-state index contributed by atoms with van der Waals surface area (Å²) in [4.78, 5) is 6.67. The van der Waals surface area contributed by atoms with Crippen LogP contribution < -0.4 is 11.1 Å². The van der Waals surface area contributed by atoms with Gasteiger partial charge in [-0.3, -0.25) is 0 Å². The number of nitrogen functional groups attached to an aromatic ring is 1. The molecule has 0 aliphatic carbocycles. The second-order valence-electron chi connectivity index (χ2n) is 4.64. The fourth-order valence-electron chi connectivity index (χ4n) is 2.21. The van der Waals surface area contributed by atoms with Crippen molar-refractivity contribution in [1.29, 1.82) is 0 Å². The molecule has 1 fully saturated rings. The number of pyridine rings is 1. The average molecular weight is 255 g/mol. The molecule has 1 unspecified atom stereocenters. The van der Waals surface area contributed by atoms with Crippen LogP contribution in [0.1, 0.15) is 19.8 Å². The van der Waals surface area contributed by atoms with Crippen molar-refractivity contribution < 1.29 is 0 Å². The molecule has 3 N–H and O–H groups in total. The maximum Gasteiger partial charge on any atom is 0.149 e. The molecular weight excluding hydrogens is 236 g/mol. The van der Waals surface area contributed by atoms with Crippen LogP contribution in [-0.2, 0) is 0 Å². The van der Waals surface area contributed by atoms with Crippen LogP contribution in [0.25, 0.3) is 0 Å². The summed E-state index contributed by atoms with van der Waals surface area (Å²) < 4.78 is 0. The first-order chi connectivity index (χ1) is 8.15. The van der Waals surface area contributed by atoms with E-state index in [1.54, 1.807) is 12.3 Å². The Bertz CT molecular complexity index is 377. The number of likely N-dealkylation sites (tertiary alicyclic amines) is 1. The zero-order chi connectivity index (χ0) is 12.3. The molecule has 1 aliphatic heterocycles. The topological polar surface area (TPSA) is 54.2 Å². The minimum atomic E-state index is 0.337. The van der Waals surface area contributed by atoms with Crippen LogP contribution in [0.3, 0.4) is 0 Å². The Balaban J connectivity index is 1.90. The molecule has 17 heavy (non-hydrogen) atoms. The van der Waals surface area contributed by atoms with E-state index in [1.165, 1.54) is 25.9 Å². The van der Waals surface area contributed by atoms with Crippen LogP contribution in [0, 0.1) is 0 Å². The van der Waals surface area contributed by atoms with Gasteiger partial charge in [-0.05, 0) is 38.9 Å². The van der Waals surface area contributed by atoms with Crippen LogP contribution in [-0.4, -0.2) is 35.6 Å². The summed E-state index contributed by atoms with van der Waals surface area (Å²) in [5.41, 5.74) is 6.46. The standard InChI is InChI=1S/C12H19ClN4/c1-9(8-17-4-2-3-5-17)16-12-11(14)6-10(13)7-15-12/h6-7,9H,2-5,8,14H2,1H3,(H,15,16). The van der Waals surface area contributed by atoms with Crippen LogP contribution in [0.4, 0.5) is 11.5 Å². The zero-order valence-electron chi connectivity index (χ0n) is 10.1. The van der Waals surface area contributed by atoms with Gasteiger partial charge < -0.3 is 16.0 Å². The van der Waals surface area contributed by atoms with E-state index < -0.39 is 0 Å². The van der Waals surface area contributed by atoms with Gasteiger partial charge in [-0.15, -0.1) is 0 Å². The van der Waals surface area contributed by atoms with Crippen molar-refractivity contribution in [2.24, 2.45) is 0 Å². The van der Waals surface area contributed by atoms with Crippen LogP contribution in [0.5, 0.6) is 0 Å². The molecule has 0 amide bonds. The Morgan fingerprint density at radius 3 is 2.88 bits per heavy atom. The summed E-state index contributed by atoms with van der Waals surface area (Å²) >= 11 is 5.81. The minimum Gasteiger partial charge on any atom is -0.396 e. The molecule has 94 valence electrons. The Morgan fingerprint density at radius 2 is 2.24 bits per heavy atom. The van der Waals surface area contributed by atoms with Gasteiger partial charge in [0.25, 0.3) is 0 Å². The maximum atomic E-state index is 5.85. The summed E-state index contributed by atoms with van der Waals surface area (Å²) in [6.07, 6.45) is 4.24. The lowest BCUT2D eigenvalue weighted by molar-refractivity contribution is 0.327. The number of aromatic nitrogens is 1. The predicted molar refractivity (Wildman–Crippen MR) is 72.4 cm³/mol. The molecule has 0 aromatic carbocycles. The average Bonchev–Trinajstić information content (AvgIpc) is 2.75. The van der Waals surface area contributed by atoms with Gasteiger partial charge in [0.05, 0.1) is 10.7 Å². The number of rotatable bonds is 4. The van der Waals surface area contributed by atoms with E-state index in [0.717, 1.165) is 12.4 Å². The van der Waals surface area contributed by atoms with Crippen LogP contribution in [0.15, 0.2) is 12.3 Å². The Hall–Kier alpha value is -1.00. The lowest BCUT2D eigenvalue weighted by Gasteiger charge is -2.22. The predicted octanol–water partition coefficient (Wildman–Crippen LogP) is 2.21. The molecule has 1 saturated heterocycles. The zero-order valence-corrected chi connectivity index (χ0v) is 10.9. The monoisotopic (exact) mass is 254 g/mol. The number of nitrogens with one attached hydrogen (secondary N) is 1. The highest BCUT2D eigenvalue weighted by atomic mass is 35.5. The molecule has 1 aromatic rings. The number of hydrogen-bond acceptors (Lipinski definition) is 4. The minimum absolute atomic E-state index is 0.337. The van der Waals surface area contributed by atoms with Crippen molar-refractivity contribution in [2.75, 3.05) is 30.7 Å². The van der Waals surface area contributed by atoms with E-state index in [2.05, 4.69) is 22.1 Å². The van der Waals surface area contributed by atoms with Gasteiger partial charge in [-0.1, -0.05) is 11.6 Å². The van der Waals surface area contributed by atoms with Crippen molar-refractivity contribution in [3.05, 3.63) is 17.3 Å². The lowest BCUT2D eigenvalue weighted by Crippen LogP contribution is -2.33. The summed E-state index contributed by atoms with van der Waals surface area (Å²) in [6, 6.07) is 2.06. The third-order valence-electron chi connectivity index (χ3n) is 3.00. The molecule has 0 spiro atoms. The van der Waals surface area contributed by atoms with Gasteiger partial charge in [0, 0.05) is 18.8 Å². The maximum absolute atomic E-state index is 5.85. The summed E-state index contributed by atoms with van der Waals surface area (Å²) in [6.45, 7) is 5.59. The quantitative estimate of drug-likeness (QED) is 0.865. The molecule has 1 aliphatic rings. The van der Waals surface area contributed by atoms with E-state index in [0.29, 0.717) is 16.8 Å². The lowest BCUT2D eigenvalue weighted by atomic mass is 10.3. The number of halogens is 1. The third kappa shape index (κ3) is 3.48. The molecule has 0 bridgehead atoms. The molecule has 2 heterocycles. The number of anilines is 2. The fraction of sp³-hybridized carbons (Fsp3) is 0.583. The van der Waals surface area contributed by atoms with Gasteiger partial charge in [0.2, 0.25) is 0 Å². The molecule has 2 rings (SSSR count). The summed E-state index contributed by atoms with van der Waals surface area (Å²) in [5, 5.41) is 3.90. The highest BCUT2D eigenvalue weighted by Crippen LogP contribution is 2.20. The second kappa shape index (κ2) is 5.56. The first kappa shape index (κ1) is 12.5. The van der Waals surface area contributed by atoms with E-state index in [-0.39, 0.29) is 0 Å². The van der Waals surface area contributed by atoms with Gasteiger partial charge >= 0.3 is 0 Å². The first-order valence-electron chi connectivity index (χ1n) is 6.05. The van der Waals surface area contributed by atoms with Gasteiger partial charge in [-0.2, -0.15) is 0 Å². The second-order valence-corrected chi connectivity index (χ2v) is 5.08. The molecule has 1 aromatic heterocycles. The highest BCUT2D eigenvalue weighted by Gasteiger charge is 2.15. The summed E-state index contributed by atoms with van der Waals surface area (Å²) in [5.74, 6) is 0.723. The normalized spacial score (nSPS) is 18.2. The van der Waals surface area contributed by atoms with Crippen molar-refractivity contribution in [3.8, 4) is 0 Å². The van der Waals surface area contributed by atoms with E-state index >= 15 is 0 Å². The molecule has 0 radical (unpaired) electrons. The number of nitrogens with zero attached hydrogens (tertiary/aromatic N) is 2. The first-order valence-corrected chi connectivity index (χ1v) is 6.43. The fourth-order valence-corrected chi connectivity index (χ4v) is 2.37. The van der Waals surface area contributed by atoms with Crippen molar-refractivity contribution in [3.63, 3.8) is 0 Å². The van der Waals surface area contributed by atoms with Crippen molar-refractivity contribution in [2.45, 2.75) is 25.8 Å². The van der Waals surface area contributed by atoms with Gasteiger partial charge in [0.1, 0.15) is 5.82 Å². The third-order valence-corrected chi connectivity index (χ3v) is 3.20. The molecule has 1 atom stereocenters. The van der Waals surface area contributed by atoms with Crippen LogP contribution in [0.2, 0.25) is 5.02 Å². The highest BCUT2D eigenvalue weighted by molar-refractivity contribution is 6.30. The number of hydrogen-bond donors (Lipinski definition) is 2. The molecular formula is C12H19ClN4. The largest absolute Gasteiger partial charge is 0.396 e. The summed E-state index contributed by atoms with van der Waals surface area (Å²) in [7, 11) is 0. The van der Waals surface area contributed by atoms with E-state index in [9.17, 15) is 0 Å². The smallest absolute Gasteiger partial charge is 0.149 e. The molecule has 4 nitrogen and oxygen atoms in total. The SMILES string of the molecule is CC(CN1CCCC1)Nc1ncc(Cl)cc1N. The number of nitrogens with two attached hydrogens (primary N) is 1. The van der Waals surface area contributed by atoms with Gasteiger partial charge in [-0.25, -0.2) is 4.98 Å². The Morgan fingerprint density at radius 1 is 1.53 bits per heavy atom. The van der Waals surface area contributed by atoms with Crippen molar-refractivity contribution >= 4 is 23.1 Å². The Labute approximate surface area is 107 Å². The van der Waals surface area contributed by atoms with Crippen LogP contribution >= 0.6 is 11.6 Å².